The molecular weight excluding hydrogens is 298 g/mol. The number of anilines is 1. The molecule has 1 unspecified atom stereocenters. The summed E-state index contributed by atoms with van der Waals surface area (Å²) < 4.78 is 0. The minimum atomic E-state index is -0.918. The highest BCUT2D eigenvalue weighted by Crippen LogP contribution is 2.29. The van der Waals surface area contributed by atoms with E-state index in [2.05, 4.69) is 5.32 Å². The van der Waals surface area contributed by atoms with E-state index < -0.39 is 16.9 Å². The molecule has 7 nitrogen and oxygen atoms in total. The lowest BCUT2D eigenvalue weighted by Gasteiger charge is -2.17. The molecule has 7 heteroatoms. The van der Waals surface area contributed by atoms with Gasteiger partial charge in [0, 0.05) is 11.6 Å². The zero-order valence-corrected chi connectivity index (χ0v) is 12.4. The van der Waals surface area contributed by atoms with Gasteiger partial charge in [-0.1, -0.05) is 30.3 Å². The SMILES string of the molecule is CC(=O)c1ccc(NC(C(N)=O)c2ccccc2)c([N+](=O)[O-])c1. The minimum Gasteiger partial charge on any atom is -0.368 e. The van der Waals surface area contributed by atoms with Crippen LogP contribution in [0.3, 0.4) is 0 Å². The zero-order chi connectivity index (χ0) is 17.0. The number of ketones is 1. The summed E-state index contributed by atoms with van der Waals surface area (Å²) in [5.41, 5.74) is 6.03. The van der Waals surface area contributed by atoms with Gasteiger partial charge in [0.25, 0.3) is 5.69 Å². The first-order chi connectivity index (χ1) is 10.9. The van der Waals surface area contributed by atoms with Crippen molar-refractivity contribution in [2.24, 2.45) is 5.73 Å². The molecule has 2 aromatic carbocycles. The van der Waals surface area contributed by atoms with Crippen LogP contribution in [0.1, 0.15) is 28.9 Å². The van der Waals surface area contributed by atoms with Crippen LogP contribution in [0.4, 0.5) is 11.4 Å². The van der Waals surface area contributed by atoms with Crippen molar-refractivity contribution in [3.8, 4) is 0 Å². The van der Waals surface area contributed by atoms with Gasteiger partial charge in [-0.25, -0.2) is 0 Å². The number of hydrogen-bond acceptors (Lipinski definition) is 5. The van der Waals surface area contributed by atoms with Crippen LogP contribution in [0.2, 0.25) is 0 Å². The van der Waals surface area contributed by atoms with E-state index in [4.69, 9.17) is 5.73 Å². The van der Waals surface area contributed by atoms with Crippen LogP contribution in [0.25, 0.3) is 0 Å². The Morgan fingerprint density at radius 1 is 1.17 bits per heavy atom. The summed E-state index contributed by atoms with van der Waals surface area (Å²) in [5, 5.41) is 14.0. The number of nitro benzene ring substituents is 1. The Hall–Kier alpha value is -3.22. The molecule has 1 atom stereocenters. The number of benzene rings is 2. The third kappa shape index (κ3) is 3.70. The maximum Gasteiger partial charge on any atom is 0.293 e. The molecule has 0 bridgehead atoms. The molecule has 2 rings (SSSR count). The van der Waals surface area contributed by atoms with Crippen LogP contribution < -0.4 is 11.1 Å². The molecule has 23 heavy (non-hydrogen) atoms. The lowest BCUT2D eigenvalue weighted by atomic mass is 10.0. The molecule has 0 spiro atoms. The molecule has 0 radical (unpaired) electrons. The Labute approximate surface area is 132 Å². The first-order valence-electron chi connectivity index (χ1n) is 6.80. The highest BCUT2D eigenvalue weighted by Gasteiger charge is 2.23. The van der Waals surface area contributed by atoms with Gasteiger partial charge in [-0.05, 0) is 24.6 Å². The van der Waals surface area contributed by atoms with Gasteiger partial charge in [0.1, 0.15) is 11.7 Å². The smallest absolute Gasteiger partial charge is 0.293 e. The number of hydrogen-bond donors (Lipinski definition) is 2. The van der Waals surface area contributed by atoms with Crippen molar-refractivity contribution in [1.29, 1.82) is 0 Å². The topological polar surface area (TPSA) is 115 Å². The van der Waals surface area contributed by atoms with E-state index in [1.54, 1.807) is 30.3 Å². The van der Waals surface area contributed by atoms with Crippen LogP contribution in [0.5, 0.6) is 0 Å². The second kappa shape index (κ2) is 6.69. The molecule has 0 aliphatic rings. The quantitative estimate of drug-likeness (QED) is 0.483. The molecule has 2 aromatic rings. The third-order valence-electron chi connectivity index (χ3n) is 3.32. The van der Waals surface area contributed by atoms with Gasteiger partial charge >= 0.3 is 0 Å². The van der Waals surface area contributed by atoms with Crippen LogP contribution in [0, 0.1) is 10.1 Å². The third-order valence-corrected chi connectivity index (χ3v) is 3.32. The van der Waals surface area contributed by atoms with E-state index in [-0.39, 0.29) is 22.7 Å². The normalized spacial score (nSPS) is 11.5. The van der Waals surface area contributed by atoms with Gasteiger partial charge in [0.05, 0.1) is 4.92 Å². The standard InChI is InChI=1S/C16H15N3O4/c1-10(20)12-7-8-13(14(9-12)19(22)23)18-15(16(17)21)11-5-3-2-4-6-11/h2-9,15,18H,1H3,(H2,17,21). The summed E-state index contributed by atoms with van der Waals surface area (Å²) in [6.07, 6.45) is 0. The molecule has 0 saturated carbocycles. The molecule has 3 N–H and O–H groups in total. The highest BCUT2D eigenvalue weighted by molar-refractivity contribution is 5.96. The number of rotatable bonds is 6. The zero-order valence-electron chi connectivity index (χ0n) is 12.4. The summed E-state index contributed by atoms with van der Waals surface area (Å²) in [6, 6.07) is 11.8. The number of Topliss-reactive ketones (excluding diaryl/α,β-unsaturated/α-hetero) is 1. The fourth-order valence-electron chi connectivity index (χ4n) is 2.14. The maximum atomic E-state index is 11.7. The molecule has 0 heterocycles. The Morgan fingerprint density at radius 3 is 2.35 bits per heavy atom. The predicted molar refractivity (Wildman–Crippen MR) is 85.1 cm³/mol. The van der Waals surface area contributed by atoms with E-state index >= 15 is 0 Å². The van der Waals surface area contributed by atoms with Crippen molar-refractivity contribution in [3.63, 3.8) is 0 Å². The average molecular weight is 313 g/mol. The molecule has 0 fully saturated rings. The number of carbonyl (C=O) groups is 2. The fourth-order valence-corrected chi connectivity index (χ4v) is 2.14. The van der Waals surface area contributed by atoms with Crippen molar-refractivity contribution >= 4 is 23.1 Å². The fraction of sp³-hybridized carbons (Fsp3) is 0.125. The summed E-state index contributed by atoms with van der Waals surface area (Å²) in [6.45, 7) is 1.32. The molecule has 0 saturated heterocycles. The monoisotopic (exact) mass is 313 g/mol. The number of nitrogens with two attached hydrogens (primary N) is 1. The van der Waals surface area contributed by atoms with Crippen LogP contribution in [-0.2, 0) is 4.79 Å². The predicted octanol–water partition coefficient (Wildman–Crippen LogP) is 2.44. The van der Waals surface area contributed by atoms with E-state index in [1.807, 2.05) is 0 Å². The van der Waals surface area contributed by atoms with Gasteiger partial charge in [0.2, 0.25) is 5.91 Å². The molecule has 0 aliphatic heterocycles. The Morgan fingerprint density at radius 2 is 1.83 bits per heavy atom. The van der Waals surface area contributed by atoms with Gasteiger partial charge in [-0.3, -0.25) is 19.7 Å². The van der Waals surface area contributed by atoms with Crippen LogP contribution >= 0.6 is 0 Å². The number of nitro groups is 1. The maximum absolute atomic E-state index is 11.7. The number of carbonyl (C=O) groups excluding carboxylic acids is 2. The summed E-state index contributed by atoms with van der Waals surface area (Å²) in [5.74, 6) is -0.949. The average Bonchev–Trinajstić information content (AvgIpc) is 2.52. The number of amides is 1. The van der Waals surface area contributed by atoms with E-state index in [9.17, 15) is 19.7 Å². The van der Waals surface area contributed by atoms with Crippen molar-refractivity contribution in [3.05, 3.63) is 69.8 Å². The first kappa shape index (κ1) is 16.2. The van der Waals surface area contributed by atoms with Gasteiger partial charge < -0.3 is 11.1 Å². The lowest BCUT2D eigenvalue weighted by molar-refractivity contribution is -0.384. The molecule has 1 amide bonds. The molecule has 0 aromatic heterocycles. The molecular formula is C16H15N3O4. The molecule has 118 valence electrons. The van der Waals surface area contributed by atoms with Crippen molar-refractivity contribution < 1.29 is 14.5 Å². The summed E-state index contributed by atoms with van der Waals surface area (Å²) >= 11 is 0. The summed E-state index contributed by atoms with van der Waals surface area (Å²) in [7, 11) is 0. The van der Waals surface area contributed by atoms with Crippen molar-refractivity contribution in [2.75, 3.05) is 5.32 Å². The number of nitrogens with zero attached hydrogens (tertiary/aromatic N) is 1. The Bertz CT molecular complexity index is 759. The second-order valence-corrected chi connectivity index (χ2v) is 4.94. The van der Waals surface area contributed by atoms with Gasteiger partial charge in [-0.2, -0.15) is 0 Å². The lowest BCUT2D eigenvalue weighted by Crippen LogP contribution is -2.28. The highest BCUT2D eigenvalue weighted by atomic mass is 16.6. The van der Waals surface area contributed by atoms with Crippen LogP contribution in [0.15, 0.2) is 48.5 Å². The first-order valence-corrected chi connectivity index (χ1v) is 6.80. The molecule has 0 aliphatic carbocycles. The Kier molecular flexibility index (Phi) is 4.70. The van der Waals surface area contributed by atoms with Crippen molar-refractivity contribution in [2.45, 2.75) is 13.0 Å². The second-order valence-electron chi connectivity index (χ2n) is 4.94. The minimum absolute atomic E-state index is 0.118. The van der Waals surface area contributed by atoms with Gasteiger partial charge in [-0.15, -0.1) is 0 Å². The Balaban J connectivity index is 2.42. The summed E-state index contributed by atoms with van der Waals surface area (Å²) in [4.78, 5) is 33.7. The van der Waals surface area contributed by atoms with Gasteiger partial charge in [0.15, 0.2) is 5.78 Å². The van der Waals surface area contributed by atoms with Crippen LogP contribution in [-0.4, -0.2) is 16.6 Å². The van der Waals surface area contributed by atoms with E-state index in [1.165, 1.54) is 25.1 Å². The van der Waals surface area contributed by atoms with E-state index in [0.717, 1.165) is 0 Å². The largest absolute Gasteiger partial charge is 0.368 e. The van der Waals surface area contributed by atoms with Crippen molar-refractivity contribution in [1.82, 2.24) is 0 Å². The number of nitrogens with one attached hydrogen (secondary N) is 1. The number of primary amides is 1. The van der Waals surface area contributed by atoms with E-state index in [0.29, 0.717) is 5.56 Å².